The van der Waals surface area contributed by atoms with Crippen molar-refractivity contribution >= 4 is 13.6 Å². The lowest BCUT2D eigenvalue weighted by Gasteiger charge is -2.25. The van der Waals surface area contributed by atoms with E-state index in [1.807, 2.05) is 33.3 Å². The molecule has 0 spiro atoms. The van der Waals surface area contributed by atoms with E-state index >= 15 is 0 Å². The van der Waals surface area contributed by atoms with E-state index in [9.17, 15) is 14.3 Å². The van der Waals surface area contributed by atoms with Gasteiger partial charge < -0.3 is 23.4 Å². The molecule has 8 heteroatoms. The fraction of sp³-hybridized carbons (Fsp3) is 0.750. The Bertz CT molecular complexity index is 762. The van der Waals surface area contributed by atoms with Crippen molar-refractivity contribution in [3.63, 3.8) is 0 Å². The van der Waals surface area contributed by atoms with E-state index in [1.165, 1.54) is 76.7 Å². The third kappa shape index (κ3) is 17.9. The van der Waals surface area contributed by atoms with Crippen molar-refractivity contribution in [3.05, 3.63) is 29.8 Å². The summed E-state index contributed by atoms with van der Waals surface area (Å²) in [6, 6.07) is 7.95. The Morgan fingerprint density at radius 3 is 2.00 bits per heavy atom. The number of carbonyl (C=O) groups excluding carboxylic acids is 1. The van der Waals surface area contributed by atoms with E-state index in [2.05, 4.69) is 19.1 Å². The fourth-order valence-corrected chi connectivity index (χ4v) is 5.18. The average molecular weight is 529 g/mol. The molecule has 0 aromatic heterocycles. The molecule has 1 N–H and O–H groups in total. The molecule has 208 valence electrons. The van der Waals surface area contributed by atoms with Crippen LogP contribution in [0.4, 0.5) is 0 Å². The summed E-state index contributed by atoms with van der Waals surface area (Å²) in [5, 5.41) is 0. The van der Waals surface area contributed by atoms with Gasteiger partial charge in [-0.15, -0.1) is 0 Å². The lowest BCUT2D eigenvalue weighted by atomic mass is 10.0. The van der Waals surface area contributed by atoms with Gasteiger partial charge in [-0.05, 0) is 30.5 Å². The number of hydrogen-bond acceptors (Lipinski definition) is 5. The van der Waals surface area contributed by atoms with Gasteiger partial charge in [0.05, 0.1) is 40.5 Å². The van der Waals surface area contributed by atoms with Gasteiger partial charge in [-0.2, -0.15) is 0 Å². The van der Waals surface area contributed by atoms with Gasteiger partial charge in [0.25, 0.3) is 0 Å². The van der Waals surface area contributed by atoms with Gasteiger partial charge in [-0.25, -0.2) is 0 Å². The summed E-state index contributed by atoms with van der Waals surface area (Å²) in [7, 11) is 2.05. The number of benzene rings is 1. The summed E-state index contributed by atoms with van der Waals surface area (Å²) in [5.74, 6) is 0.175. The Balaban J connectivity index is 2.33. The number of carbonyl (C=O) groups is 1. The molecule has 1 rings (SSSR count). The fourth-order valence-electron chi connectivity index (χ4n) is 3.80. The zero-order valence-corrected chi connectivity index (χ0v) is 24.3. The Hall–Kier alpha value is -1.40. The number of unbranched alkanes of at least 4 members (excludes halogenated alkanes) is 9. The first-order valence-electron chi connectivity index (χ1n) is 13.7. The Labute approximate surface area is 219 Å². The van der Waals surface area contributed by atoms with E-state index in [-0.39, 0.29) is 19.4 Å². The van der Waals surface area contributed by atoms with Crippen LogP contribution in [0.5, 0.6) is 5.75 Å². The van der Waals surface area contributed by atoms with Crippen LogP contribution in [0.2, 0.25) is 0 Å². The van der Waals surface area contributed by atoms with E-state index < -0.39 is 19.7 Å². The summed E-state index contributed by atoms with van der Waals surface area (Å²) in [4.78, 5) is 21.6. The molecule has 2 unspecified atom stereocenters. The Morgan fingerprint density at radius 1 is 0.917 bits per heavy atom. The molecule has 0 aliphatic rings. The second-order valence-corrected chi connectivity index (χ2v) is 12.8. The van der Waals surface area contributed by atoms with E-state index in [4.69, 9.17) is 14.0 Å². The molecule has 0 bridgehead atoms. The van der Waals surface area contributed by atoms with Crippen molar-refractivity contribution in [2.24, 2.45) is 0 Å². The molecule has 1 aromatic rings. The van der Waals surface area contributed by atoms with Crippen LogP contribution in [-0.4, -0.2) is 68.5 Å². The van der Waals surface area contributed by atoms with Gasteiger partial charge in [0.15, 0.2) is 6.10 Å². The first kappa shape index (κ1) is 32.6. The predicted octanol–water partition coefficient (Wildman–Crippen LogP) is 6.37. The third-order valence-corrected chi connectivity index (χ3v) is 7.34. The summed E-state index contributed by atoms with van der Waals surface area (Å²) in [6.45, 7) is 3.90. The summed E-state index contributed by atoms with van der Waals surface area (Å²) >= 11 is 0. The molecule has 0 amide bonds. The van der Waals surface area contributed by atoms with Crippen LogP contribution in [0.15, 0.2) is 24.3 Å². The largest absolute Gasteiger partial charge is 0.490 e. The van der Waals surface area contributed by atoms with Crippen molar-refractivity contribution in [1.29, 1.82) is 0 Å². The lowest BCUT2D eigenvalue weighted by molar-refractivity contribution is -0.867. The minimum atomic E-state index is -3.78. The Kier molecular flexibility index (Phi) is 16.3. The summed E-state index contributed by atoms with van der Waals surface area (Å²) in [5.41, 5.74) is 1.28. The lowest BCUT2D eigenvalue weighted by Crippen LogP contribution is -2.37. The predicted molar refractivity (Wildman–Crippen MR) is 147 cm³/mol. The number of aryl methyl sites for hydroxylation is 1. The summed E-state index contributed by atoms with van der Waals surface area (Å²) in [6.07, 6.45) is 13.6. The van der Waals surface area contributed by atoms with Crippen LogP contribution in [0.1, 0.15) is 83.6 Å². The topological polar surface area (TPSA) is 82.1 Å². The molecule has 7 nitrogen and oxygen atoms in total. The first-order chi connectivity index (χ1) is 17.0. The minimum absolute atomic E-state index is 0.0324. The van der Waals surface area contributed by atoms with E-state index in [0.717, 1.165) is 6.42 Å². The van der Waals surface area contributed by atoms with Crippen molar-refractivity contribution in [2.75, 3.05) is 47.1 Å². The number of rotatable bonds is 21. The highest BCUT2D eigenvalue weighted by atomic mass is 31.2. The maximum Gasteiger partial charge on any atom is 0.333 e. The SMILES string of the molecule is CCCCCCCCCCCCc1ccc(OCC(COP(=O)(O)CC[N+](C)(C)C)OC(C)=O)cc1. The van der Waals surface area contributed by atoms with Crippen LogP contribution in [0.25, 0.3) is 0 Å². The van der Waals surface area contributed by atoms with Crippen LogP contribution in [-0.2, 0) is 25.0 Å². The monoisotopic (exact) mass is 528 g/mol. The van der Waals surface area contributed by atoms with Crippen LogP contribution >= 0.6 is 7.60 Å². The molecule has 0 saturated heterocycles. The van der Waals surface area contributed by atoms with Gasteiger partial charge >= 0.3 is 13.6 Å². The molecule has 0 fully saturated rings. The van der Waals surface area contributed by atoms with Gasteiger partial charge in [-0.1, -0.05) is 76.8 Å². The molecule has 2 atom stereocenters. The molecule has 0 radical (unpaired) electrons. The molecular weight excluding hydrogens is 477 g/mol. The highest BCUT2D eigenvalue weighted by Gasteiger charge is 2.26. The number of ether oxygens (including phenoxy) is 2. The van der Waals surface area contributed by atoms with Crippen molar-refractivity contribution in [3.8, 4) is 5.75 Å². The molecule has 1 aromatic carbocycles. The smallest absolute Gasteiger partial charge is 0.333 e. The molecule has 0 heterocycles. The second-order valence-electron chi connectivity index (χ2n) is 10.8. The molecular formula is C28H51NO6P+. The minimum Gasteiger partial charge on any atom is -0.490 e. The number of nitrogens with zero attached hydrogens (tertiary/aromatic N) is 1. The highest BCUT2D eigenvalue weighted by molar-refractivity contribution is 7.52. The van der Waals surface area contributed by atoms with Gasteiger partial charge in [0.2, 0.25) is 0 Å². The molecule has 0 saturated carbocycles. The van der Waals surface area contributed by atoms with Gasteiger partial charge in [-0.3, -0.25) is 9.36 Å². The standard InChI is InChI=1S/C28H50NO6P/c1-6-7-8-9-10-11-12-13-14-15-16-26-17-19-27(20-18-26)33-23-28(35-25(2)30)24-34-36(31,32)22-21-29(3,4)5/h17-20,28H,6-16,21-24H2,1-5H3/p+1. The molecule has 0 aliphatic heterocycles. The second kappa shape index (κ2) is 18.0. The van der Waals surface area contributed by atoms with Crippen molar-refractivity contribution < 1.29 is 32.7 Å². The summed E-state index contributed by atoms with van der Waals surface area (Å²) < 4.78 is 29.1. The Morgan fingerprint density at radius 2 is 1.47 bits per heavy atom. The van der Waals surface area contributed by atoms with Crippen molar-refractivity contribution in [1.82, 2.24) is 0 Å². The molecule has 36 heavy (non-hydrogen) atoms. The van der Waals surface area contributed by atoms with Gasteiger partial charge in [0, 0.05) is 6.92 Å². The first-order valence-corrected chi connectivity index (χ1v) is 15.4. The quantitative estimate of drug-likeness (QED) is 0.0864. The van der Waals surface area contributed by atoms with E-state index in [0.29, 0.717) is 16.8 Å². The van der Waals surface area contributed by atoms with E-state index in [1.54, 1.807) is 0 Å². The highest BCUT2D eigenvalue weighted by Crippen LogP contribution is 2.41. The maximum atomic E-state index is 12.3. The van der Waals surface area contributed by atoms with Crippen LogP contribution < -0.4 is 4.74 Å². The zero-order valence-electron chi connectivity index (χ0n) is 23.4. The van der Waals surface area contributed by atoms with Crippen molar-refractivity contribution in [2.45, 2.75) is 90.6 Å². The van der Waals surface area contributed by atoms with Gasteiger partial charge in [0.1, 0.15) is 12.4 Å². The van der Waals surface area contributed by atoms with Crippen LogP contribution in [0.3, 0.4) is 0 Å². The third-order valence-electron chi connectivity index (χ3n) is 6.03. The molecule has 0 aliphatic carbocycles. The number of quaternary nitrogens is 1. The zero-order chi connectivity index (χ0) is 26.9. The normalized spacial score (nSPS) is 14.3. The maximum absolute atomic E-state index is 12.3. The number of esters is 1. The average Bonchev–Trinajstić information content (AvgIpc) is 2.81. The van der Waals surface area contributed by atoms with Crippen LogP contribution in [0, 0.1) is 0 Å². The number of hydrogen-bond donors (Lipinski definition) is 1.